The van der Waals surface area contributed by atoms with E-state index in [4.69, 9.17) is 0 Å². The zero-order valence-corrected chi connectivity index (χ0v) is 16.3. The summed E-state index contributed by atoms with van der Waals surface area (Å²) in [5.74, 6) is 0.573. The predicted octanol–water partition coefficient (Wildman–Crippen LogP) is 1.53. The van der Waals surface area contributed by atoms with E-state index in [0.717, 1.165) is 16.9 Å². The lowest BCUT2D eigenvalue weighted by Gasteiger charge is -2.20. The first-order valence-corrected chi connectivity index (χ1v) is 8.41. The summed E-state index contributed by atoms with van der Waals surface area (Å²) in [5.41, 5.74) is 2.63. The SMILES string of the molecule is O=[N+]([O-])c1ccc([N+]2=NC(c3ccccc3)=NN(c3ccccc3)C2)cc1.[Br-]. The Balaban J connectivity index is 0.00000225. The molecule has 0 unspecified atom stereocenters. The molecule has 0 spiro atoms. The Hall–Kier alpha value is -3.39. The van der Waals surface area contributed by atoms with Gasteiger partial charge in [-0.05, 0) is 12.1 Å². The fourth-order valence-corrected chi connectivity index (χ4v) is 2.77. The highest BCUT2D eigenvalue weighted by atomic mass is 79.9. The first kappa shape index (κ1) is 19.4. The van der Waals surface area contributed by atoms with Gasteiger partial charge in [-0.3, -0.25) is 10.1 Å². The molecular weight excluding hydrogens is 422 g/mol. The van der Waals surface area contributed by atoms with Crippen LogP contribution in [-0.2, 0) is 0 Å². The number of nitrogens with zero attached hydrogens (tertiary/aromatic N) is 5. The summed E-state index contributed by atoms with van der Waals surface area (Å²) >= 11 is 0. The van der Waals surface area contributed by atoms with Gasteiger partial charge in [0, 0.05) is 34.9 Å². The smallest absolute Gasteiger partial charge is 0.269 e. The van der Waals surface area contributed by atoms with Crippen molar-refractivity contribution in [1.29, 1.82) is 0 Å². The monoisotopic (exact) mass is 437 g/mol. The molecule has 0 bridgehead atoms. The minimum absolute atomic E-state index is 0. The summed E-state index contributed by atoms with van der Waals surface area (Å²) in [6, 6.07) is 25.9. The number of halogens is 1. The zero-order chi connectivity index (χ0) is 18.6. The third-order valence-corrected chi connectivity index (χ3v) is 4.14. The van der Waals surface area contributed by atoms with Crippen molar-refractivity contribution in [1.82, 2.24) is 0 Å². The molecule has 1 heterocycles. The highest BCUT2D eigenvalue weighted by molar-refractivity contribution is 5.99. The number of rotatable bonds is 4. The van der Waals surface area contributed by atoms with Gasteiger partial charge in [0.15, 0.2) is 0 Å². The quantitative estimate of drug-likeness (QED) is 0.353. The van der Waals surface area contributed by atoms with Crippen molar-refractivity contribution in [2.75, 3.05) is 11.7 Å². The second-order valence-electron chi connectivity index (χ2n) is 5.94. The van der Waals surface area contributed by atoms with Crippen LogP contribution in [0.15, 0.2) is 95.1 Å². The average Bonchev–Trinajstić information content (AvgIpc) is 2.75. The Morgan fingerprint density at radius 1 is 0.893 bits per heavy atom. The Morgan fingerprint density at radius 2 is 1.50 bits per heavy atom. The summed E-state index contributed by atoms with van der Waals surface area (Å²) in [6.45, 7) is 0.401. The number of hydrazone groups is 1. The van der Waals surface area contributed by atoms with Crippen molar-refractivity contribution in [3.8, 4) is 0 Å². The normalized spacial score (nSPS) is 13.2. The molecule has 0 radical (unpaired) electrons. The van der Waals surface area contributed by atoms with Crippen LogP contribution in [0.2, 0.25) is 0 Å². The van der Waals surface area contributed by atoms with Gasteiger partial charge < -0.3 is 17.0 Å². The largest absolute Gasteiger partial charge is 1.00 e. The number of hydrogen-bond acceptors (Lipinski definition) is 5. The molecule has 0 amide bonds. The molecule has 0 aliphatic carbocycles. The summed E-state index contributed by atoms with van der Waals surface area (Å²) in [5, 5.41) is 22.1. The molecule has 3 aromatic rings. The lowest BCUT2D eigenvalue weighted by Crippen LogP contribution is -3.00. The molecule has 0 fully saturated rings. The molecule has 3 aromatic carbocycles. The molecule has 0 atom stereocenters. The van der Waals surface area contributed by atoms with E-state index >= 15 is 0 Å². The molecule has 0 aromatic heterocycles. The average molecular weight is 438 g/mol. The number of benzene rings is 3. The second-order valence-corrected chi connectivity index (χ2v) is 5.94. The van der Waals surface area contributed by atoms with Crippen LogP contribution in [-0.4, -0.2) is 22.1 Å². The van der Waals surface area contributed by atoms with Gasteiger partial charge >= 0.3 is 0 Å². The van der Waals surface area contributed by atoms with E-state index in [1.54, 1.807) is 16.8 Å². The first-order valence-electron chi connectivity index (χ1n) is 8.41. The maximum Gasteiger partial charge on any atom is 0.269 e. The highest BCUT2D eigenvalue weighted by Gasteiger charge is 2.26. The van der Waals surface area contributed by atoms with Crippen LogP contribution < -0.4 is 22.0 Å². The molecule has 7 nitrogen and oxygen atoms in total. The van der Waals surface area contributed by atoms with Crippen molar-refractivity contribution in [3.05, 3.63) is 101 Å². The number of nitro benzene ring substituents is 1. The Bertz CT molecular complexity index is 1020. The maximum atomic E-state index is 10.9. The van der Waals surface area contributed by atoms with Crippen LogP contribution in [0.1, 0.15) is 5.56 Å². The van der Waals surface area contributed by atoms with Gasteiger partial charge in [-0.2, -0.15) is 0 Å². The molecule has 0 N–H and O–H groups in total. The third-order valence-electron chi connectivity index (χ3n) is 4.14. The van der Waals surface area contributed by atoms with Gasteiger partial charge in [-0.15, -0.1) is 5.10 Å². The van der Waals surface area contributed by atoms with Crippen LogP contribution in [0.25, 0.3) is 0 Å². The van der Waals surface area contributed by atoms with Crippen LogP contribution in [0.5, 0.6) is 0 Å². The van der Waals surface area contributed by atoms with E-state index in [1.807, 2.05) is 65.7 Å². The van der Waals surface area contributed by atoms with Crippen molar-refractivity contribution in [2.45, 2.75) is 0 Å². The molecule has 1 aliphatic heterocycles. The molecule has 0 saturated heterocycles. The van der Waals surface area contributed by atoms with E-state index < -0.39 is 4.92 Å². The predicted molar refractivity (Wildman–Crippen MR) is 102 cm³/mol. The summed E-state index contributed by atoms with van der Waals surface area (Å²) in [4.78, 5) is 10.5. The van der Waals surface area contributed by atoms with Crippen LogP contribution in [0.3, 0.4) is 0 Å². The van der Waals surface area contributed by atoms with Crippen molar-refractivity contribution >= 4 is 22.9 Å². The number of nitro groups is 1. The number of para-hydroxylation sites is 1. The number of non-ortho nitro benzene ring substituents is 1. The third kappa shape index (κ3) is 4.12. The van der Waals surface area contributed by atoms with Crippen molar-refractivity contribution in [2.24, 2.45) is 10.2 Å². The number of anilines is 1. The van der Waals surface area contributed by atoms with E-state index in [9.17, 15) is 10.1 Å². The van der Waals surface area contributed by atoms with Crippen molar-refractivity contribution in [3.63, 3.8) is 0 Å². The minimum atomic E-state index is -0.412. The lowest BCUT2D eigenvalue weighted by molar-refractivity contribution is -0.508. The van der Waals surface area contributed by atoms with Crippen LogP contribution >= 0.6 is 0 Å². The Labute approximate surface area is 172 Å². The van der Waals surface area contributed by atoms with E-state index in [2.05, 4.69) is 10.2 Å². The fourth-order valence-electron chi connectivity index (χ4n) is 2.77. The number of azo groups is 2. The van der Waals surface area contributed by atoms with Crippen LogP contribution in [0.4, 0.5) is 17.1 Å². The van der Waals surface area contributed by atoms with Gasteiger partial charge in [-0.1, -0.05) is 53.2 Å². The number of hydrogen-bond donors (Lipinski definition) is 0. The van der Waals surface area contributed by atoms with E-state index in [-0.39, 0.29) is 22.7 Å². The summed E-state index contributed by atoms with van der Waals surface area (Å²) in [6.07, 6.45) is 0. The lowest BCUT2D eigenvalue weighted by atomic mass is 10.2. The molecule has 140 valence electrons. The molecule has 28 heavy (non-hydrogen) atoms. The Morgan fingerprint density at radius 3 is 2.11 bits per heavy atom. The standard InChI is InChI=1S/C20H16N5O2.BrH/c26-25(27)19-13-11-18(12-14-19)24-15-23(17-9-5-2-6-10-17)21-20(22-24)16-7-3-1-4-8-16;/h1-14H,15H2;1H/q+1;/p-1. The van der Waals surface area contributed by atoms with Gasteiger partial charge in [-0.25, -0.2) is 5.01 Å². The summed E-state index contributed by atoms with van der Waals surface area (Å²) < 4.78 is 1.78. The first-order chi connectivity index (χ1) is 13.2. The van der Waals surface area contributed by atoms with Gasteiger partial charge in [0.05, 0.1) is 10.6 Å². The molecule has 1 aliphatic rings. The fraction of sp³-hybridized carbons (Fsp3) is 0.0500. The zero-order valence-electron chi connectivity index (χ0n) is 14.7. The molecule has 4 rings (SSSR count). The van der Waals surface area contributed by atoms with Gasteiger partial charge in [0.1, 0.15) is 0 Å². The second kappa shape index (κ2) is 8.53. The van der Waals surface area contributed by atoms with Gasteiger partial charge in [0.2, 0.25) is 11.5 Å². The summed E-state index contributed by atoms with van der Waals surface area (Å²) in [7, 11) is 0. The Kier molecular flexibility index (Phi) is 5.90. The highest BCUT2D eigenvalue weighted by Crippen LogP contribution is 2.24. The minimum Gasteiger partial charge on any atom is -1.00 e. The van der Waals surface area contributed by atoms with Crippen LogP contribution in [0, 0.1) is 10.1 Å². The number of amidine groups is 1. The van der Waals surface area contributed by atoms with E-state index in [1.165, 1.54) is 12.1 Å². The topological polar surface area (TPSA) is 74.1 Å². The molecule has 0 saturated carbocycles. The molecule has 8 heteroatoms. The maximum absolute atomic E-state index is 10.9. The van der Waals surface area contributed by atoms with E-state index in [0.29, 0.717) is 12.5 Å². The van der Waals surface area contributed by atoms with Crippen molar-refractivity contribution < 1.29 is 26.6 Å². The van der Waals surface area contributed by atoms with Gasteiger partial charge in [0.25, 0.3) is 12.4 Å². The molecular formula is C20H16BrN5O2.